The molecule has 0 unspecified atom stereocenters. The van der Waals surface area contributed by atoms with Crippen molar-refractivity contribution in [1.29, 1.82) is 0 Å². The fourth-order valence-electron chi connectivity index (χ4n) is 5.63. The lowest BCUT2D eigenvalue weighted by atomic mass is 9.84. The smallest absolute Gasteiger partial charge is 0.355 e. The fraction of sp³-hybridized carbons (Fsp3) is 0.265. The van der Waals surface area contributed by atoms with Gasteiger partial charge in [0.15, 0.2) is 5.69 Å². The molecule has 2 aromatic carbocycles. The number of aromatic carboxylic acids is 1. The molecule has 2 fully saturated rings. The van der Waals surface area contributed by atoms with Crippen molar-refractivity contribution < 1.29 is 22.7 Å². The summed E-state index contributed by atoms with van der Waals surface area (Å²) in [6.07, 6.45) is 6.84. The van der Waals surface area contributed by atoms with E-state index in [1.807, 2.05) is 24.3 Å². The van der Waals surface area contributed by atoms with Crippen LogP contribution < -0.4 is 5.14 Å². The molecule has 2 saturated carbocycles. The van der Waals surface area contributed by atoms with Crippen molar-refractivity contribution in [2.45, 2.75) is 55.8 Å². The van der Waals surface area contributed by atoms with Crippen molar-refractivity contribution >= 4 is 38.7 Å². The van der Waals surface area contributed by atoms with Gasteiger partial charge in [-0.3, -0.25) is 0 Å². The van der Waals surface area contributed by atoms with Gasteiger partial charge in [0.05, 0.1) is 16.3 Å². The molecule has 12 heteroatoms. The Morgan fingerprint density at radius 1 is 1.09 bits per heavy atom. The summed E-state index contributed by atoms with van der Waals surface area (Å²) in [7, 11) is -4.22. The van der Waals surface area contributed by atoms with E-state index in [4.69, 9.17) is 10.2 Å². The summed E-state index contributed by atoms with van der Waals surface area (Å²) in [5, 5.41) is 21.6. The van der Waals surface area contributed by atoms with E-state index in [-0.39, 0.29) is 12.1 Å². The molecule has 46 heavy (non-hydrogen) atoms. The van der Waals surface area contributed by atoms with Gasteiger partial charge in [-0.25, -0.2) is 32.4 Å². The Kier molecular flexibility index (Phi) is 8.10. The molecule has 3 N–H and O–H groups in total. The molecular weight excluding hydrogens is 644 g/mol. The number of rotatable bonds is 9. The minimum atomic E-state index is -4.22. The predicted molar refractivity (Wildman–Crippen MR) is 176 cm³/mol. The highest BCUT2D eigenvalue weighted by Crippen LogP contribution is 2.40. The van der Waals surface area contributed by atoms with Crippen molar-refractivity contribution in [3.05, 3.63) is 104 Å². The average Bonchev–Trinajstić information content (AvgIpc) is 3.33. The first kappa shape index (κ1) is 30.5. The molecule has 0 radical (unpaired) electrons. The number of hydrogen-bond acceptors (Lipinski definition) is 7. The van der Waals surface area contributed by atoms with Crippen LogP contribution in [0.1, 0.15) is 80.6 Å². The highest BCUT2D eigenvalue weighted by molar-refractivity contribution is 7.89. The Balaban J connectivity index is 1.31. The quantitative estimate of drug-likeness (QED) is 0.167. The van der Waals surface area contributed by atoms with Crippen LogP contribution in [0.4, 0.5) is 4.39 Å². The summed E-state index contributed by atoms with van der Waals surface area (Å²) in [5.74, 6) is 5.67. The zero-order chi connectivity index (χ0) is 32.0. The van der Waals surface area contributed by atoms with Gasteiger partial charge in [0.1, 0.15) is 10.7 Å². The van der Waals surface area contributed by atoms with Crippen LogP contribution in [0.15, 0.2) is 64.9 Å². The molecule has 5 aromatic rings. The standard InChI is InChI=1S/C34H29FN4O4S3/c35-27-17-22(10-14-31(27)46(36,42)43)16-26-29(18-21-7-8-21)39(34-37-28(19-44-34)33(40)41)38-32(26)24-6-1-3-20(15-24)9-11-25-12-13-30(45-25)23-4-2-5-23/h1,3,6,10,12-15,17,19,21,23H,2,4-5,7-8,16,18H2,(H,40,41)(H2,36,42,43). The predicted octanol–water partition coefficient (Wildman–Crippen LogP) is 6.75. The molecule has 0 spiro atoms. The van der Waals surface area contributed by atoms with E-state index < -0.39 is 26.7 Å². The van der Waals surface area contributed by atoms with Crippen molar-refractivity contribution in [2.24, 2.45) is 11.1 Å². The fourth-order valence-corrected chi connectivity index (χ4v) is 8.02. The van der Waals surface area contributed by atoms with Crippen molar-refractivity contribution in [3.63, 3.8) is 0 Å². The van der Waals surface area contributed by atoms with Gasteiger partial charge < -0.3 is 5.11 Å². The first-order valence-electron chi connectivity index (χ1n) is 15.0. The second kappa shape index (κ2) is 12.2. The number of primary sulfonamides is 1. The Morgan fingerprint density at radius 2 is 1.91 bits per heavy atom. The second-order valence-electron chi connectivity index (χ2n) is 11.8. The summed E-state index contributed by atoms with van der Waals surface area (Å²) in [6, 6.07) is 16.0. The number of aromatic nitrogens is 3. The van der Waals surface area contributed by atoms with Gasteiger partial charge in [-0.05, 0) is 85.9 Å². The van der Waals surface area contributed by atoms with Crippen molar-refractivity contribution in [1.82, 2.24) is 14.8 Å². The number of nitrogens with two attached hydrogens (primary N) is 1. The number of carboxylic acids is 1. The van der Waals surface area contributed by atoms with Crippen LogP contribution in [0.25, 0.3) is 16.4 Å². The van der Waals surface area contributed by atoms with Gasteiger partial charge in [-0.15, -0.1) is 22.7 Å². The van der Waals surface area contributed by atoms with E-state index >= 15 is 0 Å². The van der Waals surface area contributed by atoms with E-state index in [1.54, 1.807) is 22.1 Å². The van der Waals surface area contributed by atoms with Gasteiger partial charge in [-0.1, -0.05) is 36.5 Å². The SMILES string of the molecule is NS(=O)(=O)c1ccc(Cc2c(-c3cccc(C#Cc4ccc(C5CCC5)s4)c3)nn(-c3nc(C(=O)O)cs3)c2CC2CC2)cc1F. The first-order valence-corrected chi connectivity index (χ1v) is 18.2. The lowest BCUT2D eigenvalue weighted by molar-refractivity contribution is 0.0691. The molecule has 2 aliphatic rings. The van der Waals surface area contributed by atoms with Gasteiger partial charge in [0.25, 0.3) is 0 Å². The summed E-state index contributed by atoms with van der Waals surface area (Å²) in [5.41, 5.74) is 4.42. The van der Waals surface area contributed by atoms with Crippen LogP contribution >= 0.6 is 22.7 Å². The normalized spacial score (nSPS) is 14.9. The van der Waals surface area contributed by atoms with Crippen LogP contribution in [0.5, 0.6) is 0 Å². The summed E-state index contributed by atoms with van der Waals surface area (Å²) < 4.78 is 40.3. The average molecular weight is 673 g/mol. The van der Waals surface area contributed by atoms with E-state index in [2.05, 4.69) is 29.0 Å². The Bertz CT molecular complexity index is 2150. The molecular formula is C34H29FN4O4S3. The number of halogens is 1. The second-order valence-corrected chi connectivity index (χ2v) is 15.3. The third-order valence-corrected chi connectivity index (χ3v) is 11.4. The van der Waals surface area contributed by atoms with E-state index in [9.17, 15) is 22.7 Å². The molecule has 0 aliphatic heterocycles. The molecule has 2 aliphatic carbocycles. The van der Waals surface area contributed by atoms with Crippen LogP contribution in [-0.4, -0.2) is 34.3 Å². The maximum absolute atomic E-state index is 14.9. The molecule has 8 nitrogen and oxygen atoms in total. The van der Waals surface area contributed by atoms with Crippen LogP contribution in [0.2, 0.25) is 0 Å². The number of hydrogen-bond donors (Lipinski definition) is 2. The van der Waals surface area contributed by atoms with Gasteiger partial charge >= 0.3 is 5.97 Å². The van der Waals surface area contributed by atoms with Crippen molar-refractivity contribution in [2.75, 3.05) is 0 Å². The number of thiophene rings is 1. The number of nitrogens with zero attached hydrogens (tertiary/aromatic N) is 3. The minimum absolute atomic E-state index is 0.0667. The molecule has 0 amide bonds. The molecule has 3 aromatic heterocycles. The number of benzene rings is 2. The van der Waals surface area contributed by atoms with Crippen LogP contribution in [0, 0.1) is 23.6 Å². The largest absolute Gasteiger partial charge is 0.476 e. The molecule has 0 saturated heterocycles. The summed E-state index contributed by atoms with van der Waals surface area (Å²) >= 11 is 2.94. The topological polar surface area (TPSA) is 128 Å². The third-order valence-electron chi connectivity index (χ3n) is 8.45. The van der Waals surface area contributed by atoms with E-state index in [1.165, 1.54) is 53.0 Å². The lowest BCUT2D eigenvalue weighted by Crippen LogP contribution is -2.14. The Hall–Kier alpha value is -4.15. The number of carboxylic acid groups (broad SMARTS) is 1. The minimum Gasteiger partial charge on any atom is -0.476 e. The Labute approximate surface area is 273 Å². The Morgan fingerprint density at radius 3 is 2.59 bits per heavy atom. The third kappa shape index (κ3) is 6.41. The van der Waals surface area contributed by atoms with Crippen LogP contribution in [-0.2, 0) is 22.9 Å². The zero-order valence-electron chi connectivity index (χ0n) is 24.6. The van der Waals surface area contributed by atoms with Gasteiger partial charge in [-0.2, -0.15) is 5.10 Å². The molecule has 234 valence electrons. The van der Waals surface area contributed by atoms with Crippen LogP contribution in [0.3, 0.4) is 0 Å². The van der Waals surface area contributed by atoms with Gasteiger partial charge in [0, 0.05) is 33.4 Å². The first-order chi connectivity index (χ1) is 22.1. The van der Waals surface area contributed by atoms with E-state index in [0.29, 0.717) is 34.6 Å². The zero-order valence-corrected chi connectivity index (χ0v) is 27.0. The van der Waals surface area contributed by atoms with Crippen molar-refractivity contribution in [3.8, 4) is 28.2 Å². The van der Waals surface area contributed by atoms with Gasteiger partial charge in [0.2, 0.25) is 15.2 Å². The monoisotopic (exact) mass is 672 g/mol. The summed E-state index contributed by atoms with van der Waals surface area (Å²) in [4.78, 5) is 17.8. The number of carbonyl (C=O) groups is 1. The molecule has 7 rings (SSSR count). The molecule has 3 heterocycles. The highest BCUT2D eigenvalue weighted by Gasteiger charge is 2.30. The van der Waals surface area contributed by atoms with E-state index in [0.717, 1.165) is 40.1 Å². The maximum Gasteiger partial charge on any atom is 0.355 e. The number of sulfonamides is 1. The maximum atomic E-state index is 14.9. The lowest BCUT2D eigenvalue weighted by Gasteiger charge is -2.23. The molecule has 0 atom stereocenters. The summed E-state index contributed by atoms with van der Waals surface area (Å²) in [6.45, 7) is 0. The number of thiazole rings is 1. The molecule has 0 bridgehead atoms. The highest BCUT2D eigenvalue weighted by atomic mass is 32.2.